The molecule has 6 heteroatoms. The van der Waals surface area contributed by atoms with E-state index in [1.807, 2.05) is 12.3 Å². The topological polar surface area (TPSA) is 44.9 Å². The number of ether oxygens (including phenoxy) is 1. The number of nitrogens with zero attached hydrogens (tertiary/aromatic N) is 4. The minimum atomic E-state index is -0.134. The Morgan fingerprint density at radius 2 is 1.53 bits per heavy atom. The summed E-state index contributed by atoms with van der Waals surface area (Å²) in [5.74, 6) is 2.34. The van der Waals surface area contributed by atoms with E-state index in [-0.39, 0.29) is 32.4 Å². The molecule has 0 fully saturated rings. The van der Waals surface area contributed by atoms with Crippen LogP contribution in [0.3, 0.4) is 0 Å². The van der Waals surface area contributed by atoms with Crippen LogP contribution in [0.1, 0.15) is 86.7 Å². The van der Waals surface area contributed by atoms with E-state index in [0.29, 0.717) is 11.5 Å². The first-order valence-corrected chi connectivity index (χ1v) is 17.7. The molecule has 0 amide bonds. The molecular weight excluding hydrogens is 808 g/mol. The van der Waals surface area contributed by atoms with Gasteiger partial charge in [0, 0.05) is 28.8 Å². The summed E-state index contributed by atoms with van der Waals surface area (Å²) in [6, 6.07) is 32.9. The smallest absolute Gasteiger partial charge is 0.509 e. The standard InChI is InChI=1S/C45H46N4O.Pt/c1-11-32-18-19-46-41(22-32)48-39-15-13-12-14-37(39)38-17-16-35(26-40(38)48)50-36-24-33(45(8,9)10)23-34(25-36)49-44(27(2)3)43(31(7)47-49)42-29(5)20-28(4)21-30(42)6;/h12-24,27H,11H2,1-10H3;/q-2;+2. The maximum absolute atomic E-state index is 6.70. The van der Waals surface area contributed by atoms with Gasteiger partial charge in [0.25, 0.3) is 0 Å². The predicted molar refractivity (Wildman–Crippen MR) is 206 cm³/mol. The Hall–Kier alpha value is -4.47. The normalized spacial score (nSPS) is 11.8. The number of pyridine rings is 1. The third kappa shape index (κ3) is 6.69. The van der Waals surface area contributed by atoms with Gasteiger partial charge >= 0.3 is 21.1 Å². The van der Waals surface area contributed by atoms with E-state index in [0.717, 1.165) is 51.0 Å². The Morgan fingerprint density at radius 3 is 2.22 bits per heavy atom. The van der Waals surface area contributed by atoms with Crippen LogP contribution in [0.4, 0.5) is 0 Å². The summed E-state index contributed by atoms with van der Waals surface area (Å²) in [5.41, 5.74) is 13.6. The molecule has 0 bridgehead atoms. The molecule has 0 saturated carbocycles. The summed E-state index contributed by atoms with van der Waals surface area (Å²) >= 11 is 0. The Kier molecular flexibility index (Phi) is 9.91. The van der Waals surface area contributed by atoms with Crippen molar-refractivity contribution in [3.05, 3.63) is 130 Å². The molecule has 0 aliphatic rings. The number of hydrogen-bond acceptors (Lipinski definition) is 3. The van der Waals surface area contributed by atoms with E-state index in [1.165, 1.54) is 39.1 Å². The van der Waals surface area contributed by atoms with Crippen LogP contribution in [0.5, 0.6) is 11.5 Å². The van der Waals surface area contributed by atoms with Gasteiger partial charge in [-0.15, -0.1) is 41.3 Å². The van der Waals surface area contributed by atoms with Crippen molar-refractivity contribution in [2.24, 2.45) is 0 Å². The van der Waals surface area contributed by atoms with Gasteiger partial charge in [-0.2, -0.15) is 11.2 Å². The average Bonchev–Trinajstić information content (AvgIpc) is 3.58. The number of aromatic nitrogens is 4. The minimum Gasteiger partial charge on any atom is -0.509 e. The molecule has 5 nitrogen and oxygen atoms in total. The number of aryl methyl sites for hydroxylation is 5. The van der Waals surface area contributed by atoms with Gasteiger partial charge in [0.15, 0.2) is 0 Å². The molecule has 0 unspecified atom stereocenters. The Bertz CT molecular complexity index is 2380. The zero-order chi connectivity index (χ0) is 35.5. The summed E-state index contributed by atoms with van der Waals surface area (Å²) in [5, 5.41) is 7.45. The number of para-hydroxylation sites is 1. The number of rotatable bonds is 7. The van der Waals surface area contributed by atoms with E-state index in [1.54, 1.807) is 0 Å². The van der Waals surface area contributed by atoms with Gasteiger partial charge < -0.3 is 9.30 Å². The number of fused-ring (bicyclic) bond motifs is 3. The van der Waals surface area contributed by atoms with E-state index >= 15 is 0 Å². The second-order valence-corrected chi connectivity index (χ2v) is 15.0. The van der Waals surface area contributed by atoms with Crippen LogP contribution in [0.2, 0.25) is 0 Å². The van der Waals surface area contributed by atoms with Crippen LogP contribution >= 0.6 is 0 Å². The second-order valence-electron chi connectivity index (χ2n) is 15.0. The first-order chi connectivity index (χ1) is 23.8. The molecule has 0 aliphatic heterocycles. The van der Waals surface area contributed by atoms with Gasteiger partial charge in [0.05, 0.1) is 11.4 Å². The van der Waals surface area contributed by atoms with Crippen LogP contribution in [-0.4, -0.2) is 19.3 Å². The van der Waals surface area contributed by atoms with Gasteiger partial charge in [-0.3, -0.25) is 4.68 Å². The molecule has 0 aliphatic carbocycles. The van der Waals surface area contributed by atoms with Crippen LogP contribution in [0.25, 0.3) is 44.4 Å². The van der Waals surface area contributed by atoms with Gasteiger partial charge in [0.2, 0.25) is 0 Å². The number of hydrogen-bond donors (Lipinski definition) is 0. The maximum Gasteiger partial charge on any atom is 2.00 e. The van der Waals surface area contributed by atoms with Crippen molar-refractivity contribution < 1.29 is 25.8 Å². The molecule has 3 aromatic heterocycles. The third-order valence-electron chi connectivity index (χ3n) is 9.72. The fraction of sp³-hybridized carbons (Fsp3) is 0.289. The SMILES string of the molecule is CCc1ccnc(-n2c3[c-]c(Oc4[c-]c(-n5nc(C)c(-c6c(C)cc(C)cc6C)c5C(C)C)cc(C(C)(C)C)c4)ccc3c3ccccc32)c1.[Pt+2]. The van der Waals surface area contributed by atoms with Gasteiger partial charge in [-0.25, -0.2) is 4.98 Å². The molecule has 0 saturated heterocycles. The first-order valence-electron chi connectivity index (χ1n) is 17.7. The van der Waals surface area contributed by atoms with Crippen molar-refractivity contribution in [2.45, 2.75) is 87.0 Å². The zero-order valence-corrected chi connectivity index (χ0v) is 33.6. The molecule has 0 N–H and O–H groups in total. The quantitative estimate of drug-likeness (QED) is 0.150. The molecule has 7 aromatic rings. The Morgan fingerprint density at radius 1 is 0.804 bits per heavy atom. The van der Waals surface area contributed by atoms with Gasteiger partial charge in [-0.1, -0.05) is 83.0 Å². The maximum atomic E-state index is 6.70. The van der Waals surface area contributed by atoms with E-state index in [9.17, 15) is 0 Å². The Labute approximate surface area is 317 Å². The fourth-order valence-corrected chi connectivity index (χ4v) is 7.37. The van der Waals surface area contributed by atoms with E-state index in [4.69, 9.17) is 14.8 Å². The van der Waals surface area contributed by atoms with Gasteiger partial charge in [-0.05, 0) is 97.0 Å². The first kappa shape index (κ1) is 36.3. The van der Waals surface area contributed by atoms with Crippen LogP contribution in [-0.2, 0) is 32.9 Å². The third-order valence-corrected chi connectivity index (χ3v) is 9.72. The molecule has 262 valence electrons. The van der Waals surface area contributed by atoms with Crippen LogP contribution in [0.15, 0.2) is 79.0 Å². The summed E-state index contributed by atoms with van der Waals surface area (Å²) in [6.07, 6.45) is 2.83. The van der Waals surface area contributed by atoms with Crippen molar-refractivity contribution >= 4 is 21.8 Å². The average molecular weight is 854 g/mol. The van der Waals surface area contributed by atoms with Crippen LogP contribution < -0.4 is 4.74 Å². The fourth-order valence-electron chi connectivity index (χ4n) is 7.37. The summed E-state index contributed by atoms with van der Waals surface area (Å²) in [7, 11) is 0. The van der Waals surface area contributed by atoms with Gasteiger partial charge in [0.1, 0.15) is 5.82 Å². The summed E-state index contributed by atoms with van der Waals surface area (Å²) in [4.78, 5) is 4.78. The molecule has 0 radical (unpaired) electrons. The van der Waals surface area contributed by atoms with Crippen molar-refractivity contribution in [1.29, 1.82) is 0 Å². The van der Waals surface area contributed by atoms with Crippen molar-refractivity contribution in [3.8, 4) is 34.1 Å². The minimum absolute atomic E-state index is 0. The van der Waals surface area contributed by atoms with Crippen molar-refractivity contribution in [3.63, 3.8) is 0 Å². The van der Waals surface area contributed by atoms with Crippen LogP contribution in [0, 0.1) is 39.8 Å². The molecule has 3 heterocycles. The monoisotopic (exact) mass is 853 g/mol. The molecule has 7 rings (SSSR count). The largest absolute Gasteiger partial charge is 2.00 e. The molecule has 0 atom stereocenters. The molecule has 0 spiro atoms. The number of benzene rings is 4. The summed E-state index contributed by atoms with van der Waals surface area (Å²) < 4.78 is 11.0. The van der Waals surface area contributed by atoms with Crippen molar-refractivity contribution in [1.82, 2.24) is 19.3 Å². The second kappa shape index (κ2) is 13.9. The summed E-state index contributed by atoms with van der Waals surface area (Å²) in [6.45, 7) is 22.0. The predicted octanol–water partition coefficient (Wildman–Crippen LogP) is 11.6. The molecule has 51 heavy (non-hydrogen) atoms. The van der Waals surface area contributed by atoms with Crippen molar-refractivity contribution in [2.75, 3.05) is 0 Å². The molecule has 4 aromatic carbocycles. The zero-order valence-electron chi connectivity index (χ0n) is 31.3. The van der Waals surface area contributed by atoms with E-state index < -0.39 is 0 Å². The molecular formula is C45H46N4OPt. The Balaban J connectivity index is 0.00000448. The van der Waals surface area contributed by atoms with E-state index in [2.05, 4.69) is 157 Å².